The van der Waals surface area contributed by atoms with Crippen LogP contribution in [0.4, 0.5) is 9.52 Å². The maximum absolute atomic E-state index is 13.8. The van der Waals surface area contributed by atoms with E-state index in [2.05, 4.69) is 20.6 Å². The highest BCUT2D eigenvalue weighted by Gasteiger charge is 2.16. The van der Waals surface area contributed by atoms with Crippen molar-refractivity contribution in [1.29, 1.82) is 0 Å². The van der Waals surface area contributed by atoms with Gasteiger partial charge in [0.05, 0.1) is 5.02 Å². The molecule has 0 bridgehead atoms. The monoisotopic (exact) mass is 417 g/mol. The summed E-state index contributed by atoms with van der Waals surface area (Å²) < 4.78 is 20.7. The van der Waals surface area contributed by atoms with Gasteiger partial charge in [-0.1, -0.05) is 47.2 Å². The van der Waals surface area contributed by atoms with Crippen LogP contribution in [0.2, 0.25) is 5.02 Å². The molecule has 0 saturated heterocycles. The number of para-hydroxylation sites is 1. The number of hydrogen-bond donors (Lipinski definition) is 1. The number of rotatable bonds is 5. The highest BCUT2D eigenvalue weighted by Crippen LogP contribution is 2.26. The van der Waals surface area contributed by atoms with Gasteiger partial charge in [-0.15, -0.1) is 15.3 Å². The molecule has 0 aliphatic carbocycles. The molecule has 1 amide bonds. The van der Waals surface area contributed by atoms with E-state index in [-0.39, 0.29) is 12.4 Å². The molecule has 0 spiro atoms. The molecule has 0 saturated carbocycles. The lowest BCUT2D eigenvalue weighted by Crippen LogP contribution is -2.20. The van der Waals surface area contributed by atoms with Crippen LogP contribution < -0.4 is 10.1 Å². The van der Waals surface area contributed by atoms with Crippen molar-refractivity contribution >= 4 is 38.9 Å². The highest BCUT2D eigenvalue weighted by molar-refractivity contribution is 7.20. The van der Waals surface area contributed by atoms with Crippen molar-refractivity contribution in [2.24, 2.45) is 0 Å². The highest BCUT2D eigenvalue weighted by atomic mass is 35.5. The lowest BCUT2D eigenvalue weighted by Gasteiger charge is -2.06. The Labute approximate surface area is 167 Å². The van der Waals surface area contributed by atoms with E-state index in [9.17, 15) is 9.18 Å². The van der Waals surface area contributed by atoms with Crippen LogP contribution in [-0.2, 0) is 4.79 Å². The molecular weight excluding hydrogens is 405 g/mol. The topological polar surface area (TPSA) is 81.4 Å². The van der Waals surface area contributed by atoms with Crippen molar-refractivity contribution < 1.29 is 13.9 Å². The van der Waals surface area contributed by atoms with Crippen LogP contribution in [0.15, 0.2) is 42.5 Å². The minimum Gasteiger partial charge on any atom is -0.482 e. The number of amides is 1. The SMILES string of the molecule is Cc1ccc(-c2nnc3sc(NC(=O)COc4ccccc4Cl)nn23)cc1F. The molecule has 0 radical (unpaired) electrons. The average Bonchev–Trinajstić information content (AvgIpc) is 3.23. The molecule has 0 aliphatic heterocycles. The van der Waals surface area contributed by atoms with Gasteiger partial charge in [-0.2, -0.15) is 4.52 Å². The van der Waals surface area contributed by atoms with Crippen molar-refractivity contribution in [2.75, 3.05) is 11.9 Å². The van der Waals surface area contributed by atoms with Gasteiger partial charge in [-0.3, -0.25) is 10.1 Å². The Kier molecular flexibility index (Phi) is 4.93. The fourth-order valence-electron chi connectivity index (χ4n) is 2.44. The molecule has 0 unspecified atom stereocenters. The molecular formula is C18H13ClFN5O2S. The number of nitrogens with zero attached hydrogens (tertiary/aromatic N) is 4. The zero-order chi connectivity index (χ0) is 19.7. The Morgan fingerprint density at radius 2 is 2.11 bits per heavy atom. The number of fused-ring (bicyclic) bond motifs is 1. The molecule has 7 nitrogen and oxygen atoms in total. The number of benzene rings is 2. The molecule has 2 aromatic heterocycles. The predicted octanol–water partition coefficient (Wildman–Crippen LogP) is 3.97. The number of hydrogen-bond acceptors (Lipinski definition) is 6. The van der Waals surface area contributed by atoms with Gasteiger partial charge >= 0.3 is 0 Å². The van der Waals surface area contributed by atoms with E-state index in [1.54, 1.807) is 43.3 Å². The third kappa shape index (κ3) is 3.67. The van der Waals surface area contributed by atoms with Gasteiger partial charge < -0.3 is 4.74 Å². The number of anilines is 1. The van der Waals surface area contributed by atoms with Crippen LogP contribution in [0.5, 0.6) is 5.75 Å². The van der Waals surface area contributed by atoms with Gasteiger partial charge in [0.1, 0.15) is 11.6 Å². The summed E-state index contributed by atoms with van der Waals surface area (Å²) in [7, 11) is 0. The summed E-state index contributed by atoms with van der Waals surface area (Å²) in [5.41, 5.74) is 1.08. The lowest BCUT2D eigenvalue weighted by atomic mass is 10.1. The second kappa shape index (κ2) is 7.53. The van der Waals surface area contributed by atoms with Crippen LogP contribution >= 0.6 is 22.9 Å². The van der Waals surface area contributed by atoms with E-state index < -0.39 is 5.91 Å². The number of halogens is 2. The molecule has 2 heterocycles. The average molecular weight is 418 g/mol. The van der Waals surface area contributed by atoms with Gasteiger partial charge in [0.25, 0.3) is 5.91 Å². The summed E-state index contributed by atoms with van der Waals surface area (Å²) in [4.78, 5) is 12.6. The summed E-state index contributed by atoms with van der Waals surface area (Å²) in [5, 5.41) is 15.7. The van der Waals surface area contributed by atoms with Crippen LogP contribution in [0, 0.1) is 12.7 Å². The van der Waals surface area contributed by atoms with Gasteiger partial charge in [-0.25, -0.2) is 4.39 Å². The first-order chi connectivity index (χ1) is 13.5. The molecule has 4 aromatic rings. The molecule has 10 heteroatoms. The molecule has 2 aromatic carbocycles. The van der Waals surface area contributed by atoms with Crippen LogP contribution in [-0.4, -0.2) is 32.3 Å². The van der Waals surface area contributed by atoms with E-state index in [4.69, 9.17) is 16.3 Å². The first kappa shape index (κ1) is 18.3. The normalized spacial score (nSPS) is 11.0. The molecule has 4 rings (SSSR count). The van der Waals surface area contributed by atoms with Crippen molar-refractivity contribution in [3.05, 3.63) is 58.9 Å². The Bertz CT molecular complexity index is 1180. The first-order valence-corrected chi connectivity index (χ1v) is 9.36. The van der Waals surface area contributed by atoms with Crippen LogP contribution in [0.3, 0.4) is 0 Å². The molecule has 0 atom stereocenters. The van der Waals surface area contributed by atoms with Crippen molar-refractivity contribution in [3.8, 4) is 17.1 Å². The summed E-state index contributed by atoms with van der Waals surface area (Å²) >= 11 is 7.14. The first-order valence-electron chi connectivity index (χ1n) is 8.17. The lowest BCUT2D eigenvalue weighted by molar-refractivity contribution is -0.118. The van der Waals surface area contributed by atoms with Crippen molar-refractivity contribution in [1.82, 2.24) is 19.8 Å². The standard InChI is InChI=1S/C18H13ClFN5O2S/c1-10-6-7-11(8-13(10)20)16-22-23-18-25(16)24-17(28-18)21-15(26)9-27-14-5-3-2-4-12(14)19/h2-8H,9H2,1H3,(H,21,24,26). The maximum atomic E-state index is 13.8. The number of carbonyl (C=O) groups is 1. The summed E-state index contributed by atoms with van der Waals surface area (Å²) in [5.74, 6) is 0.0710. The molecule has 1 N–H and O–H groups in total. The molecule has 28 heavy (non-hydrogen) atoms. The number of carbonyl (C=O) groups excluding carboxylic acids is 1. The predicted molar refractivity (Wildman–Crippen MR) is 104 cm³/mol. The van der Waals surface area contributed by atoms with Crippen molar-refractivity contribution in [3.63, 3.8) is 0 Å². The minimum atomic E-state index is -0.396. The zero-order valence-corrected chi connectivity index (χ0v) is 16.1. The molecule has 0 aliphatic rings. The van der Waals surface area contributed by atoms with Gasteiger partial charge in [-0.05, 0) is 30.7 Å². The van der Waals surface area contributed by atoms with E-state index in [1.807, 2.05) is 0 Å². The zero-order valence-electron chi connectivity index (χ0n) is 14.5. The Morgan fingerprint density at radius 1 is 1.29 bits per heavy atom. The maximum Gasteiger partial charge on any atom is 0.264 e. The minimum absolute atomic E-state index is 0.222. The summed E-state index contributed by atoms with van der Waals surface area (Å²) in [6.45, 7) is 1.46. The van der Waals surface area contributed by atoms with Crippen LogP contribution in [0.25, 0.3) is 16.3 Å². The van der Waals surface area contributed by atoms with E-state index in [0.29, 0.717) is 37.8 Å². The fraction of sp³-hybridized carbons (Fsp3) is 0.111. The molecule has 0 fully saturated rings. The van der Waals surface area contributed by atoms with Gasteiger partial charge in [0.15, 0.2) is 12.4 Å². The van der Waals surface area contributed by atoms with E-state index in [1.165, 1.54) is 10.6 Å². The quantitative estimate of drug-likeness (QED) is 0.531. The Balaban J connectivity index is 1.49. The smallest absolute Gasteiger partial charge is 0.264 e. The van der Waals surface area contributed by atoms with Gasteiger partial charge in [0.2, 0.25) is 10.1 Å². The number of aryl methyl sites for hydroxylation is 1. The fourth-order valence-corrected chi connectivity index (χ4v) is 3.39. The second-order valence-corrected chi connectivity index (χ2v) is 7.22. The summed E-state index contributed by atoms with van der Waals surface area (Å²) in [6, 6.07) is 11.7. The third-order valence-corrected chi connectivity index (χ3v) is 4.99. The Hall–Kier alpha value is -3.04. The van der Waals surface area contributed by atoms with E-state index in [0.717, 1.165) is 11.3 Å². The number of nitrogens with one attached hydrogen (secondary N) is 1. The van der Waals surface area contributed by atoms with E-state index >= 15 is 0 Å². The largest absolute Gasteiger partial charge is 0.482 e. The number of ether oxygens (including phenoxy) is 1. The molecule has 142 valence electrons. The van der Waals surface area contributed by atoms with Crippen molar-refractivity contribution in [2.45, 2.75) is 6.92 Å². The van der Waals surface area contributed by atoms with Gasteiger partial charge in [0, 0.05) is 5.56 Å². The van der Waals surface area contributed by atoms with Crippen LogP contribution in [0.1, 0.15) is 5.56 Å². The number of aromatic nitrogens is 4. The third-order valence-electron chi connectivity index (χ3n) is 3.86. The Morgan fingerprint density at radius 3 is 2.89 bits per heavy atom. The second-order valence-electron chi connectivity index (χ2n) is 5.86. The summed E-state index contributed by atoms with van der Waals surface area (Å²) in [6.07, 6.45) is 0.